The predicted molar refractivity (Wildman–Crippen MR) is 109 cm³/mol. The first-order valence-electron chi connectivity index (χ1n) is 8.74. The second-order valence-corrected chi connectivity index (χ2v) is 8.59. The van der Waals surface area contributed by atoms with Gasteiger partial charge in [0.25, 0.3) is 0 Å². The Labute approximate surface area is 161 Å². The van der Waals surface area contributed by atoms with Gasteiger partial charge in [0.1, 0.15) is 5.76 Å². The third-order valence-corrected chi connectivity index (χ3v) is 5.12. The Hall–Kier alpha value is -2.54. The van der Waals surface area contributed by atoms with E-state index in [1.807, 2.05) is 25.1 Å². The molecular formula is C20H27N3O3S. The number of hydrogen-bond acceptors (Lipinski definition) is 4. The SMILES string of the molecule is C=C(C)CNC(=NCc1ccc(S(C)(=O)=O)c(C)c1)NCCc1ccco1. The van der Waals surface area contributed by atoms with Crippen molar-refractivity contribution in [3.63, 3.8) is 0 Å². The van der Waals surface area contributed by atoms with Gasteiger partial charge in [0.15, 0.2) is 15.8 Å². The van der Waals surface area contributed by atoms with Crippen molar-refractivity contribution in [2.45, 2.75) is 31.7 Å². The summed E-state index contributed by atoms with van der Waals surface area (Å²) in [5.41, 5.74) is 2.68. The Bertz CT molecular complexity index is 901. The minimum absolute atomic E-state index is 0.354. The van der Waals surface area contributed by atoms with Crippen LogP contribution in [0.2, 0.25) is 0 Å². The maximum absolute atomic E-state index is 11.7. The van der Waals surface area contributed by atoms with Crippen LogP contribution < -0.4 is 10.6 Å². The van der Waals surface area contributed by atoms with Gasteiger partial charge in [-0.1, -0.05) is 24.3 Å². The van der Waals surface area contributed by atoms with E-state index >= 15 is 0 Å². The first-order chi connectivity index (χ1) is 12.8. The Morgan fingerprint density at radius 1 is 1.26 bits per heavy atom. The number of benzene rings is 1. The first kappa shape index (κ1) is 20.8. The van der Waals surface area contributed by atoms with Gasteiger partial charge in [0.2, 0.25) is 0 Å². The highest BCUT2D eigenvalue weighted by Crippen LogP contribution is 2.17. The number of furan rings is 1. The molecule has 7 heteroatoms. The third kappa shape index (κ3) is 6.94. The molecule has 1 aromatic heterocycles. The second kappa shape index (κ2) is 9.41. The fourth-order valence-corrected chi connectivity index (χ4v) is 3.52. The van der Waals surface area contributed by atoms with Crippen molar-refractivity contribution < 1.29 is 12.8 Å². The Kier molecular flexibility index (Phi) is 7.24. The summed E-state index contributed by atoms with van der Waals surface area (Å²) in [6.07, 6.45) is 3.63. The van der Waals surface area contributed by atoms with Gasteiger partial charge in [-0.3, -0.25) is 0 Å². The average molecular weight is 390 g/mol. The smallest absolute Gasteiger partial charge is 0.191 e. The lowest BCUT2D eigenvalue weighted by Crippen LogP contribution is -2.39. The van der Waals surface area contributed by atoms with Gasteiger partial charge < -0.3 is 15.1 Å². The Morgan fingerprint density at radius 2 is 2.04 bits per heavy atom. The maximum atomic E-state index is 11.7. The van der Waals surface area contributed by atoms with E-state index in [4.69, 9.17) is 4.42 Å². The van der Waals surface area contributed by atoms with Gasteiger partial charge in [-0.05, 0) is 43.2 Å². The van der Waals surface area contributed by atoms with Crippen LogP contribution in [0.4, 0.5) is 0 Å². The molecule has 0 radical (unpaired) electrons. The number of guanidine groups is 1. The topological polar surface area (TPSA) is 83.7 Å². The quantitative estimate of drug-likeness (QED) is 0.412. The molecule has 2 rings (SSSR count). The maximum Gasteiger partial charge on any atom is 0.191 e. The molecular weight excluding hydrogens is 362 g/mol. The van der Waals surface area contributed by atoms with Gasteiger partial charge in [-0.2, -0.15) is 0 Å². The third-order valence-electron chi connectivity index (χ3n) is 3.86. The van der Waals surface area contributed by atoms with Crippen molar-refractivity contribution in [2.24, 2.45) is 4.99 Å². The lowest BCUT2D eigenvalue weighted by molar-refractivity contribution is 0.507. The van der Waals surface area contributed by atoms with Gasteiger partial charge in [-0.15, -0.1) is 0 Å². The summed E-state index contributed by atoms with van der Waals surface area (Å²) in [5.74, 6) is 1.59. The van der Waals surface area contributed by atoms with Crippen LogP contribution in [-0.2, 0) is 22.8 Å². The van der Waals surface area contributed by atoms with Crippen LogP contribution in [-0.4, -0.2) is 33.7 Å². The summed E-state index contributed by atoms with van der Waals surface area (Å²) in [5, 5.41) is 6.51. The number of aliphatic imine (C=N–C) groups is 1. The molecule has 0 saturated carbocycles. The van der Waals surface area contributed by atoms with E-state index < -0.39 is 9.84 Å². The van der Waals surface area contributed by atoms with Crippen molar-refractivity contribution in [2.75, 3.05) is 19.3 Å². The predicted octanol–water partition coefficient (Wildman–Crippen LogP) is 2.85. The highest BCUT2D eigenvalue weighted by Gasteiger charge is 2.10. The summed E-state index contributed by atoms with van der Waals surface area (Å²) in [7, 11) is -3.21. The number of aryl methyl sites for hydroxylation is 1. The monoisotopic (exact) mass is 389 g/mol. The van der Waals surface area contributed by atoms with Crippen LogP contribution in [0.25, 0.3) is 0 Å². The van der Waals surface area contributed by atoms with E-state index in [2.05, 4.69) is 22.2 Å². The molecule has 146 valence electrons. The molecule has 0 unspecified atom stereocenters. The van der Waals surface area contributed by atoms with Crippen molar-refractivity contribution in [3.05, 3.63) is 65.6 Å². The molecule has 0 atom stereocenters. The zero-order valence-corrected chi connectivity index (χ0v) is 16.9. The van der Waals surface area contributed by atoms with Gasteiger partial charge in [-0.25, -0.2) is 13.4 Å². The summed E-state index contributed by atoms with van der Waals surface area (Å²) in [6, 6.07) is 9.10. The molecule has 1 heterocycles. The average Bonchev–Trinajstić information content (AvgIpc) is 3.09. The lowest BCUT2D eigenvalue weighted by atomic mass is 10.1. The first-order valence-corrected chi connectivity index (χ1v) is 10.6. The Morgan fingerprint density at radius 3 is 2.63 bits per heavy atom. The molecule has 0 aliphatic heterocycles. The van der Waals surface area contributed by atoms with Crippen molar-refractivity contribution >= 4 is 15.8 Å². The highest BCUT2D eigenvalue weighted by molar-refractivity contribution is 7.90. The van der Waals surface area contributed by atoms with E-state index in [1.54, 1.807) is 25.3 Å². The summed E-state index contributed by atoms with van der Waals surface area (Å²) in [6.45, 7) is 9.38. The standard InChI is InChI=1S/C20H27N3O3S/c1-15(2)13-22-20(21-10-9-18-6-5-11-26-18)23-14-17-7-8-19(16(3)12-17)27(4,24)25/h5-8,11-12H,1,9-10,13-14H2,2-4H3,(H2,21,22,23). The number of sulfone groups is 1. The van der Waals surface area contributed by atoms with Crippen LogP contribution in [0.3, 0.4) is 0 Å². The molecule has 0 aliphatic rings. The number of rotatable bonds is 8. The van der Waals surface area contributed by atoms with Crippen molar-refractivity contribution in [3.8, 4) is 0 Å². The minimum atomic E-state index is -3.21. The molecule has 0 saturated heterocycles. The van der Waals surface area contributed by atoms with Gasteiger partial charge in [0.05, 0.1) is 17.7 Å². The van der Waals surface area contributed by atoms with E-state index in [-0.39, 0.29) is 0 Å². The van der Waals surface area contributed by atoms with Crippen LogP contribution in [0.5, 0.6) is 0 Å². The molecule has 1 aromatic carbocycles. The minimum Gasteiger partial charge on any atom is -0.469 e. The van der Waals surface area contributed by atoms with Gasteiger partial charge in [0, 0.05) is 25.8 Å². The van der Waals surface area contributed by atoms with Gasteiger partial charge >= 0.3 is 0 Å². The number of nitrogens with one attached hydrogen (secondary N) is 2. The largest absolute Gasteiger partial charge is 0.469 e. The lowest BCUT2D eigenvalue weighted by Gasteiger charge is -2.12. The molecule has 2 N–H and O–H groups in total. The fraction of sp³-hybridized carbons (Fsp3) is 0.350. The zero-order valence-electron chi connectivity index (χ0n) is 16.1. The van der Waals surface area contributed by atoms with E-state index in [9.17, 15) is 8.42 Å². The molecule has 0 spiro atoms. The van der Waals surface area contributed by atoms with Crippen molar-refractivity contribution in [1.29, 1.82) is 0 Å². The summed E-state index contributed by atoms with van der Waals surface area (Å²) < 4.78 is 28.8. The molecule has 6 nitrogen and oxygen atoms in total. The molecule has 0 amide bonds. The second-order valence-electron chi connectivity index (χ2n) is 6.60. The normalized spacial score (nSPS) is 12.0. The van der Waals surface area contributed by atoms with E-state index in [0.29, 0.717) is 30.5 Å². The summed E-state index contributed by atoms with van der Waals surface area (Å²) >= 11 is 0. The highest BCUT2D eigenvalue weighted by atomic mass is 32.2. The Balaban J connectivity index is 2.03. The molecule has 0 fully saturated rings. The van der Waals surface area contributed by atoms with E-state index in [1.165, 1.54) is 6.26 Å². The fourth-order valence-electron chi connectivity index (χ4n) is 2.56. The van der Waals surface area contributed by atoms with Crippen LogP contribution in [0.1, 0.15) is 23.8 Å². The molecule has 0 aliphatic carbocycles. The molecule has 2 aromatic rings. The zero-order chi connectivity index (χ0) is 19.9. The molecule has 27 heavy (non-hydrogen) atoms. The van der Waals surface area contributed by atoms with Crippen LogP contribution >= 0.6 is 0 Å². The number of hydrogen-bond donors (Lipinski definition) is 2. The van der Waals surface area contributed by atoms with E-state index in [0.717, 1.165) is 28.9 Å². The molecule has 0 bridgehead atoms. The van der Waals surface area contributed by atoms with Crippen LogP contribution in [0, 0.1) is 6.92 Å². The summed E-state index contributed by atoms with van der Waals surface area (Å²) in [4.78, 5) is 4.95. The van der Waals surface area contributed by atoms with Crippen molar-refractivity contribution in [1.82, 2.24) is 10.6 Å². The van der Waals surface area contributed by atoms with Crippen LogP contribution in [0.15, 0.2) is 63.1 Å². The number of nitrogens with zero attached hydrogens (tertiary/aromatic N) is 1.